The van der Waals surface area contributed by atoms with Crippen molar-refractivity contribution in [2.45, 2.75) is 26.3 Å². The molecule has 21 heavy (non-hydrogen) atoms. The minimum absolute atomic E-state index is 0.0501. The first-order valence-corrected chi connectivity index (χ1v) is 7.08. The van der Waals surface area contributed by atoms with Crippen molar-refractivity contribution in [3.63, 3.8) is 0 Å². The molecule has 0 aromatic heterocycles. The molecular formula is C15H20ClNO4. The summed E-state index contributed by atoms with van der Waals surface area (Å²) in [6, 6.07) is 6.38. The van der Waals surface area contributed by atoms with Crippen LogP contribution >= 0.6 is 11.6 Å². The molecule has 1 N–H and O–H groups in total. The van der Waals surface area contributed by atoms with Gasteiger partial charge in [0.05, 0.1) is 25.2 Å². The molecule has 6 heteroatoms. The largest absolute Gasteiger partial charge is 0.491 e. The molecule has 0 aliphatic rings. The van der Waals surface area contributed by atoms with Crippen molar-refractivity contribution in [2.75, 3.05) is 13.7 Å². The van der Waals surface area contributed by atoms with E-state index in [1.54, 1.807) is 24.3 Å². The van der Waals surface area contributed by atoms with Crippen LogP contribution in [0, 0.1) is 5.92 Å². The molecule has 5 nitrogen and oxygen atoms in total. The Balaban J connectivity index is 2.43. The summed E-state index contributed by atoms with van der Waals surface area (Å²) in [5.41, 5.74) is 0. The van der Waals surface area contributed by atoms with Gasteiger partial charge in [-0.1, -0.05) is 37.6 Å². The third kappa shape index (κ3) is 5.63. The number of hydrogen-bond donors (Lipinski definition) is 1. The molecule has 0 radical (unpaired) electrons. The van der Waals surface area contributed by atoms with Gasteiger partial charge in [0.2, 0.25) is 5.91 Å². The first-order valence-electron chi connectivity index (χ1n) is 6.70. The second-order valence-corrected chi connectivity index (χ2v) is 5.25. The fraction of sp³-hybridized carbons (Fsp3) is 0.467. The lowest BCUT2D eigenvalue weighted by Gasteiger charge is -2.19. The van der Waals surface area contributed by atoms with Gasteiger partial charge in [0.15, 0.2) is 0 Å². The van der Waals surface area contributed by atoms with Crippen LogP contribution in [0.2, 0.25) is 5.02 Å². The molecule has 0 saturated carbocycles. The maximum atomic E-state index is 11.8. The minimum atomic E-state index is -0.650. The van der Waals surface area contributed by atoms with Gasteiger partial charge in [0.1, 0.15) is 11.8 Å². The highest BCUT2D eigenvalue weighted by atomic mass is 35.5. The van der Waals surface area contributed by atoms with E-state index < -0.39 is 12.0 Å². The van der Waals surface area contributed by atoms with Gasteiger partial charge in [-0.15, -0.1) is 0 Å². The molecule has 1 amide bonds. The van der Waals surface area contributed by atoms with Crippen molar-refractivity contribution in [3.05, 3.63) is 29.3 Å². The van der Waals surface area contributed by atoms with E-state index in [0.717, 1.165) is 0 Å². The molecule has 0 fully saturated rings. The van der Waals surface area contributed by atoms with Crippen molar-refractivity contribution in [2.24, 2.45) is 5.92 Å². The van der Waals surface area contributed by atoms with Gasteiger partial charge in [0.25, 0.3) is 0 Å². The molecule has 1 aromatic carbocycles. The lowest BCUT2D eigenvalue weighted by molar-refractivity contribution is -0.146. The highest BCUT2D eigenvalue weighted by molar-refractivity contribution is 6.32. The number of carbonyl (C=O) groups excluding carboxylic acids is 2. The third-order valence-corrected chi connectivity index (χ3v) is 3.17. The normalized spacial score (nSPS) is 11.9. The molecular weight excluding hydrogens is 294 g/mol. The number of esters is 1. The first kappa shape index (κ1) is 17.3. The number of carbonyl (C=O) groups is 2. The van der Waals surface area contributed by atoms with Gasteiger partial charge < -0.3 is 14.8 Å². The standard InChI is InChI=1S/C15H20ClNO4/c1-10(2)14(15(19)20-3)17-13(18)8-9-21-12-7-5-4-6-11(12)16/h4-7,10,14H,8-9H2,1-3H3,(H,17,18). The highest BCUT2D eigenvalue weighted by Gasteiger charge is 2.24. The predicted octanol–water partition coefficient (Wildman–Crippen LogP) is 2.42. The summed E-state index contributed by atoms with van der Waals surface area (Å²) in [5.74, 6) is -0.247. The van der Waals surface area contributed by atoms with E-state index in [1.807, 2.05) is 13.8 Å². The zero-order valence-electron chi connectivity index (χ0n) is 12.4. The molecule has 0 spiro atoms. The second-order valence-electron chi connectivity index (χ2n) is 4.84. The van der Waals surface area contributed by atoms with E-state index in [0.29, 0.717) is 10.8 Å². The topological polar surface area (TPSA) is 64.6 Å². The number of hydrogen-bond acceptors (Lipinski definition) is 4. The van der Waals surface area contributed by atoms with Gasteiger partial charge in [-0.05, 0) is 18.1 Å². The average molecular weight is 314 g/mol. The van der Waals surface area contributed by atoms with Crippen molar-refractivity contribution >= 4 is 23.5 Å². The Bertz CT molecular complexity index is 490. The zero-order valence-corrected chi connectivity index (χ0v) is 13.1. The number of halogens is 1. The van der Waals surface area contributed by atoms with E-state index in [9.17, 15) is 9.59 Å². The number of rotatable bonds is 7. The molecule has 0 aliphatic carbocycles. The number of ether oxygens (including phenoxy) is 2. The minimum Gasteiger partial charge on any atom is -0.491 e. The van der Waals surface area contributed by atoms with Crippen LogP contribution in [0.1, 0.15) is 20.3 Å². The molecule has 1 atom stereocenters. The van der Waals surface area contributed by atoms with Crippen molar-refractivity contribution in [1.82, 2.24) is 5.32 Å². The van der Waals surface area contributed by atoms with Crippen LogP contribution in [0.5, 0.6) is 5.75 Å². The van der Waals surface area contributed by atoms with Gasteiger partial charge >= 0.3 is 5.97 Å². The summed E-state index contributed by atoms with van der Waals surface area (Å²) in [7, 11) is 1.30. The maximum absolute atomic E-state index is 11.8. The summed E-state index contributed by atoms with van der Waals surface area (Å²) in [6.07, 6.45) is 0.130. The Labute approximate surface area is 129 Å². The second kappa shape index (κ2) is 8.52. The molecule has 0 bridgehead atoms. The predicted molar refractivity (Wildman–Crippen MR) is 80.3 cm³/mol. The fourth-order valence-corrected chi connectivity index (χ4v) is 1.88. The summed E-state index contributed by atoms with van der Waals surface area (Å²) < 4.78 is 10.1. The molecule has 1 aromatic rings. The number of methoxy groups -OCH3 is 1. The molecule has 0 saturated heterocycles. The highest BCUT2D eigenvalue weighted by Crippen LogP contribution is 2.23. The zero-order chi connectivity index (χ0) is 15.8. The Hall–Kier alpha value is -1.75. The average Bonchev–Trinajstić information content (AvgIpc) is 2.45. The first-order chi connectivity index (χ1) is 9.95. The fourth-order valence-electron chi connectivity index (χ4n) is 1.69. The molecule has 1 rings (SSSR count). The van der Waals surface area contributed by atoms with E-state index >= 15 is 0 Å². The number of benzene rings is 1. The Kier molecular flexibility index (Phi) is 7.02. The van der Waals surface area contributed by atoms with Crippen LogP contribution in [0.3, 0.4) is 0 Å². The monoisotopic (exact) mass is 313 g/mol. The quantitative estimate of drug-likeness (QED) is 0.785. The lowest BCUT2D eigenvalue weighted by atomic mass is 10.0. The summed E-state index contributed by atoms with van der Waals surface area (Å²) in [6.45, 7) is 3.85. The SMILES string of the molecule is COC(=O)C(NC(=O)CCOc1ccccc1Cl)C(C)C. The van der Waals surface area contributed by atoms with Gasteiger partial charge in [0, 0.05) is 0 Å². The van der Waals surface area contributed by atoms with Gasteiger partial charge in [-0.2, -0.15) is 0 Å². The summed E-state index contributed by atoms with van der Waals surface area (Å²) >= 11 is 5.94. The Morgan fingerprint density at radius 1 is 1.29 bits per heavy atom. The molecule has 1 unspecified atom stereocenters. The van der Waals surface area contributed by atoms with Crippen molar-refractivity contribution < 1.29 is 19.1 Å². The van der Waals surface area contributed by atoms with E-state index in [4.69, 9.17) is 16.3 Å². The maximum Gasteiger partial charge on any atom is 0.328 e. The lowest BCUT2D eigenvalue weighted by Crippen LogP contribution is -2.45. The van der Waals surface area contributed by atoms with E-state index in [2.05, 4.69) is 10.1 Å². The Morgan fingerprint density at radius 2 is 1.95 bits per heavy atom. The van der Waals surface area contributed by atoms with E-state index in [-0.39, 0.29) is 24.9 Å². The van der Waals surface area contributed by atoms with Gasteiger partial charge in [-0.3, -0.25) is 4.79 Å². The smallest absolute Gasteiger partial charge is 0.328 e. The third-order valence-electron chi connectivity index (χ3n) is 2.86. The molecule has 116 valence electrons. The summed E-state index contributed by atoms with van der Waals surface area (Å²) in [4.78, 5) is 23.4. The Morgan fingerprint density at radius 3 is 2.52 bits per heavy atom. The van der Waals surface area contributed by atoms with Crippen LogP contribution in [-0.4, -0.2) is 31.6 Å². The molecule has 0 aliphatic heterocycles. The van der Waals surface area contributed by atoms with Crippen molar-refractivity contribution in [3.8, 4) is 5.75 Å². The number of para-hydroxylation sites is 1. The number of nitrogens with one attached hydrogen (secondary N) is 1. The van der Waals surface area contributed by atoms with Crippen LogP contribution < -0.4 is 10.1 Å². The van der Waals surface area contributed by atoms with E-state index in [1.165, 1.54) is 7.11 Å². The van der Waals surface area contributed by atoms with Crippen LogP contribution in [0.15, 0.2) is 24.3 Å². The number of amides is 1. The molecule has 0 heterocycles. The van der Waals surface area contributed by atoms with Crippen LogP contribution in [0.25, 0.3) is 0 Å². The van der Waals surface area contributed by atoms with Gasteiger partial charge in [-0.25, -0.2) is 4.79 Å². The van der Waals surface area contributed by atoms with Crippen LogP contribution in [0.4, 0.5) is 0 Å². The van der Waals surface area contributed by atoms with Crippen LogP contribution in [-0.2, 0) is 14.3 Å². The van der Waals surface area contributed by atoms with Crippen molar-refractivity contribution in [1.29, 1.82) is 0 Å². The summed E-state index contributed by atoms with van der Waals surface area (Å²) in [5, 5.41) is 3.13.